The molecule has 2 N–H and O–H groups in total. The Morgan fingerprint density at radius 2 is 2.07 bits per heavy atom. The largest absolute Gasteiger partial charge is 0.454 e. The molecule has 0 aliphatic heterocycles. The molecule has 0 spiro atoms. The minimum Gasteiger partial charge on any atom is -0.454 e. The lowest BCUT2D eigenvalue weighted by atomic mass is 10.2. The van der Waals surface area contributed by atoms with Gasteiger partial charge >= 0.3 is 11.6 Å². The Bertz CT molecular complexity index is 1080. The summed E-state index contributed by atoms with van der Waals surface area (Å²) in [5.74, 6) is -1.09. The van der Waals surface area contributed by atoms with Crippen LogP contribution >= 0.6 is 0 Å². The molecule has 158 valence electrons. The Morgan fingerprint density at radius 1 is 1.30 bits per heavy atom. The lowest BCUT2D eigenvalue weighted by molar-refractivity contribution is -0.385. The molecule has 0 saturated heterocycles. The lowest BCUT2D eigenvalue weighted by Crippen LogP contribution is -2.44. The number of aryl methyl sites for hydroxylation is 2. The number of nitro groups is 1. The first-order valence-corrected chi connectivity index (χ1v) is 9.09. The van der Waals surface area contributed by atoms with E-state index in [1.54, 1.807) is 17.7 Å². The molecule has 12 nitrogen and oxygen atoms in total. The zero-order valence-corrected chi connectivity index (χ0v) is 16.7. The number of nitrogens with one attached hydrogen (secondary N) is 2. The second kappa shape index (κ2) is 8.59. The molecule has 1 atom stereocenters. The number of hydrazine groups is 1. The van der Waals surface area contributed by atoms with Crippen molar-refractivity contribution in [3.8, 4) is 0 Å². The first-order chi connectivity index (χ1) is 14.2. The van der Waals surface area contributed by atoms with Crippen LogP contribution < -0.4 is 10.9 Å². The number of amides is 2. The zero-order valence-electron chi connectivity index (χ0n) is 16.7. The molecule has 0 saturated carbocycles. The van der Waals surface area contributed by atoms with Crippen LogP contribution in [0.5, 0.6) is 0 Å². The molecule has 0 aromatic carbocycles. The van der Waals surface area contributed by atoms with Crippen molar-refractivity contribution in [1.82, 2.24) is 30.4 Å². The molecule has 0 bridgehead atoms. The van der Waals surface area contributed by atoms with Crippen LogP contribution in [0.15, 0.2) is 35.0 Å². The van der Waals surface area contributed by atoms with Gasteiger partial charge in [0.1, 0.15) is 18.2 Å². The van der Waals surface area contributed by atoms with Crippen LogP contribution in [-0.2, 0) is 17.9 Å². The van der Waals surface area contributed by atoms with Crippen molar-refractivity contribution in [2.75, 3.05) is 0 Å². The molecule has 3 aromatic heterocycles. The van der Waals surface area contributed by atoms with Crippen LogP contribution in [0.25, 0.3) is 0 Å². The molecule has 30 heavy (non-hydrogen) atoms. The number of rotatable bonds is 7. The smallest absolute Gasteiger partial charge is 0.306 e. The summed E-state index contributed by atoms with van der Waals surface area (Å²) in [5.41, 5.74) is 6.30. The highest BCUT2D eigenvalue weighted by molar-refractivity contribution is 5.93. The van der Waals surface area contributed by atoms with E-state index < -0.39 is 22.7 Å². The molecule has 0 unspecified atom stereocenters. The molecule has 0 fully saturated rings. The summed E-state index contributed by atoms with van der Waals surface area (Å²) < 4.78 is 8.58. The minimum atomic E-state index is -0.607. The molecule has 3 aromatic rings. The van der Waals surface area contributed by atoms with Crippen LogP contribution in [0.3, 0.4) is 0 Å². The van der Waals surface area contributed by atoms with Gasteiger partial charge in [0, 0.05) is 5.69 Å². The number of carbonyl (C=O) groups excluding carboxylic acids is 2. The molecule has 3 rings (SSSR count). The van der Waals surface area contributed by atoms with Crippen LogP contribution in [0, 0.1) is 29.9 Å². The Kier molecular flexibility index (Phi) is 5.95. The molecule has 12 heteroatoms. The average molecular weight is 415 g/mol. The molecule has 0 radical (unpaired) electrons. The van der Waals surface area contributed by atoms with Gasteiger partial charge in [-0.3, -0.25) is 39.9 Å². The predicted octanol–water partition coefficient (Wildman–Crippen LogP) is 1.34. The zero-order chi connectivity index (χ0) is 21.8. The number of hydrogen-bond donors (Lipinski definition) is 2. The fraction of sp³-hybridized carbons (Fsp3) is 0.333. The van der Waals surface area contributed by atoms with Gasteiger partial charge < -0.3 is 4.42 Å². The molecule has 2 amide bonds. The van der Waals surface area contributed by atoms with Crippen molar-refractivity contribution in [3.05, 3.63) is 63.6 Å². The second-order valence-electron chi connectivity index (χ2n) is 6.87. The minimum absolute atomic E-state index is 0.0437. The summed E-state index contributed by atoms with van der Waals surface area (Å²) in [6.45, 7) is 5.92. The third-order valence-corrected chi connectivity index (χ3v) is 4.33. The van der Waals surface area contributed by atoms with Crippen molar-refractivity contribution in [2.45, 2.75) is 33.9 Å². The van der Waals surface area contributed by atoms with E-state index >= 15 is 0 Å². The first kappa shape index (κ1) is 20.8. The molecular weight excluding hydrogens is 394 g/mol. The van der Waals surface area contributed by atoms with Crippen LogP contribution in [0.1, 0.15) is 34.6 Å². The fourth-order valence-electron chi connectivity index (χ4n) is 2.78. The first-order valence-electron chi connectivity index (χ1n) is 9.09. The van der Waals surface area contributed by atoms with E-state index in [-0.39, 0.29) is 18.0 Å². The molecule has 3 heterocycles. The highest BCUT2D eigenvalue weighted by Gasteiger charge is 2.18. The van der Waals surface area contributed by atoms with Gasteiger partial charge in [-0.25, -0.2) is 0 Å². The van der Waals surface area contributed by atoms with Gasteiger partial charge in [0.05, 0.1) is 29.6 Å². The summed E-state index contributed by atoms with van der Waals surface area (Å²) in [5, 5.41) is 18.9. The maximum atomic E-state index is 12.2. The summed E-state index contributed by atoms with van der Waals surface area (Å²) in [4.78, 5) is 34.5. The highest BCUT2D eigenvalue weighted by atomic mass is 16.6. The third kappa shape index (κ3) is 4.90. The summed E-state index contributed by atoms with van der Waals surface area (Å²) in [6.07, 6.45) is 2.34. The SMILES string of the molecule is Cc1cc(C)n(Cc2ccc(C(=O)NNC(=O)[C@@H](C)Cn3cc([N+](=O)[O-])cn3)o2)n1. The third-order valence-electron chi connectivity index (χ3n) is 4.33. The van der Waals surface area contributed by atoms with Crippen molar-refractivity contribution < 1.29 is 18.9 Å². The predicted molar refractivity (Wildman–Crippen MR) is 103 cm³/mol. The topological polar surface area (TPSA) is 150 Å². The molecular formula is C18H21N7O5. The number of aromatic nitrogens is 4. The van der Waals surface area contributed by atoms with E-state index in [4.69, 9.17) is 4.42 Å². The van der Waals surface area contributed by atoms with Gasteiger partial charge in [-0.05, 0) is 32.0 Å². The standard InChI is InChI=1S/C18H21N7O5/c1-11(8-23-9-14(7-19-23)25(28)29)17(26)20-21-18(27)16-5-4-15(30-16)10-24-13(3)6-12(2)22-24/h4-7,9,11H,8,10H2,1-3H3,(H,20,26)(H,21,27)/t11-/m0/s1. The van der Waals surface area contributed by atoms with Crippen LogP contribution in [0.2, 0.25) is 0 Å². The summed E-state index contributed by atoms with van der Waals surface area (Å²) in [6, 6.07) is 5.12. The molecule has 0 aliphatic rings. The van der Waals surface area contributed by atoms with Crippen molar-refractivity contribution in [2.24, 2.45) is 5.92 Å². The van der Waals surface area contributed by atoms with Gasteiger partial charge in [0.2, 0.25) is 5.91 Å². The van der Waals surface area contributed by atoms with E-state index in [1.807, 2.05) is 19.9 Å². The Hall–Kier alpha value is -3.96. The van der Waals surface area contributed by atoms with Crippen LogP contribution in [-0.4, -0.2) is 36.3 Å². The Balaban J connectivity index is 1.51. The highest BCUT2D eigenvalue weighted by Crippen LogP contribution is 2.12. The fourth-order valence-corrected chi connectivity index (χ4v) is 2.78. The molecule has 0 aliphatic carbocycles. The lowest BCUT2D eigenvalue weighted by Gasteiger charge is -2.12. The van der Waals surface area contributed by atoms with Crippen molar-refractivity contribution in [3.63, 3.8) is 0 Å². The van der Waals surface area contributed by atoms with Gasteiger partial charge in [0.15, 0.2) is 5.76 Å². The Labute approximate surface area is 171 Å². The van der Waals surface area contributed by atoms with Crippen LogP contribution in [0.4, 0.5) is 5.69 Å². The van der Waals surface area contributed by atoms with E-state index in [1.165, 1.54) is 16.9 Å². The second-order valence-corrected chi connectivity index (χ2v) is 6.87. The average Bonchev–Trinajstić information content (AvgIpc) is 3.41. The summed E-state index contributed by atoms with van der Waals surface area (Å²) >= 11 is 0. The van der Waals surface area contributed by atoms with E-state index in [0.29, 0.717) is 12.3 Å². The van der Waals surface area contributed by atoms with E-state index in [9.17, 15) is 19.7 Å². The number of nitrogens with zero attached hydrogens (tertiary/aromatic N) is 5. The normalized spacial score (nSPS) is 11.8. The quantitative estimate of drug-likeness (QED) is 0.436. The van der Waals surface area contributed by atoms with Crippen molar-refractivity contribution >= 4 is 17.5 Å². The maximum Gasteiger partial charge on any atom is 0.306 e. The van der Waals surface area contributed by atoms with Gasteiger partial charge in [0.25, 0.3) is 0 Å². The van der Waals surface area contributed by atoms with E-state index in [0.717, 1.165) is 17.6 Å². The van der Waals surface area contributed by atoms with Crippen molar-refractivity contribution in [1.29, 1.82) is 0 Å². The van der Waals surface area contributed by atoms with Gasteiger partial charge in [-0.15, -0.1) is 0 Å². The number of carbonyl (C=O) groups is 2. The monoisotopic (exact) mass is 415 g/mol. The number of furan rings is 1. The van der Waals surface area contributed by atoms with E-state index in [2.05, 4.69) is 21.0 Å². The number of hydrogen-bond acceptors (Lipinski definition) is 7. The Morgan fingerprint density at radius 3 is 2.70 bits per heavy atom. The van der Waals surface area contributed by atoms with Gasteiger partial charge in [-0.1, -0.05) is 6.92 Å². The maximum absolute atomic E-state index is 12.2. The summed E-state index contributed by atoms with van der Waals surface area (Å²) in [7, 11) is 0. The van der Waals surface area contributed by atoms with Gasteiger partial charge in [-0.2, -0.15) is 10.2 Å².